The molecule has 2 N–H and O–H groups in total. The van der Waals surface area contributed by atoms with Gasteiger partial charge in [0.2, 0.25) is 0 Å². The molecule has 0 saturated carbocycles. The SMILES string of the molecule is NC1=C(c2ccccc2)C(=O)OC1=O. The Balaban J connectivity index is 2.54. The first-order valence-electron chi connectivity index (χ1n) is 4.02. The Morgan fingerprint density at radius 3 is 2.14 bits per heavy atom. The first-order valence-corrected chi connectivity index (χ1v) is 4.02. The molecule has 0 unspecified atom stereocenters. The smallest absolute Gasteiger partial charge is 0.363 e. The number of benzene rings is 1. The van der Waals surface area contributed by atoms with Crippen LogP contribution < -0.4 is 5.73 Å². The van der Waals surface area contributed by atoms with Crippen LogP contribution in [0.3, 0.4) is 0 Å². The molecule has 14 heavy (non-hydrogen) atoms. The van der Waals surface area contributed by atoms with Crippen LogP contribution in [-0.2, 0) is 14.3 Å². The van der Waals surface area contributed by atoms with Crippen LogP contribution in [0, 0.1) is 0 Å². The van der Waals surface area contributed by atoms with Gasteiger partial charge in [-0.15, -0.1) is 0 Å². The molecule has 2 rings (SSSR count). The summed E-state index contributed by atoms with van der Waals surface area (Å²) in [6.07, 6.45) is 0. The van der Waals surface area contributed by atoms with Gasteiger partial charge in [0.25, 0.3) is 0 Å². The van der Waals surface area contributed by atoms with Crippen molar-refractivity contribution in [2.24, 2.45) is 5.73 Å². The van der Waals surface area contributed by atoms with Gasteiger partial charge in [0.1, 0.15) is 5.70 Å². The highest BCUT2D eigenvalue weighted by Gasteiger charge is 2.31. The second-order valence-corrected chi connectivity index (χ2v) is 2.83. The van der Waals surface area contributed by atoms with Crippen molar-refractivity contribution in [1.29, 1.82) is 0 Å². The standard InChI is InChI=1S/C10H7NO3/c11-8-7(9(12)14-10(8)13)6-4-2-1-3-5-6/h1-5H,11H2. The molecule has 1 aliphatic heterocycles. The number of esters is 2. The fourth-order valence-corrected chi connectivity index (χ4v) is 1.28. The molecule has 0 fully saturated rings. The highest BCUT2D eigenvalue weighted by molar-refractivity contribution is 6.30. The molecule has 70 valence electrons. The Morgan fingerprint density at radius 2 is 1.64 bits per heavy atom. The molecule has 4 nitrogen and oxygen atoms in total. The number of carbonyl (C=O) groups is 2. The lowest BCUT2D eigenvalue weighted by molar-refractivity contribution is -0.150. The Bertz CT molecular complexity index is 434. The van der Waals surface area contributed by atoms with Gasteiger partial charge >= 0.3 is 11.9 Å². The first-order chi connectivity index (χ1) is 6.70. The van der Waals surface area contributed by atoms with E-state index in [0.29, 0.717) is 5.56 Å². The van der Waals surface area contributed by atoms with E-state index >= 15 is 0 Å². The summed E-state index contributed by atoms with van der Waals surface area (Å²) in [5.41, 5.74) is 6.05. The summed E-state index contributed by atoms with van der Waals surface area (Å²) < 4.78 is 4.36. The minimum atomic E-state index is -0.770. The van der Waals surface area contributed by atoms with Crippen LogP contribution in [0.4, 0.5) is 0 Å². The van der Waals surface area contributed by atoms with Crippen molar-refractivity contribution in [2.75, 3.05) is 0 Å². The molecule has 1 aromatic carbocycles. The molecule has 0 atom stereocenters. The van der Waals surface area contributed by atoms with E-state index in [9.17, 15) is 9.59 Å². The van der Waals surface area contributed by atoms with E-state index in [1.165, 1.54) is 0 Å². The molecular formula is C10H7NO3. The number of hydrogen-bond donors (Lipinski definition) is 1. The molecule has 1 aliphatic rings. The van der Waals surface area contributed by atoms with Gasteiger partial charge in [-0.2, -0.15) is 0 Å². The lowest BCUT2D eigenvalue weighted by Gasteiger charge is -1.97. The highest BCUT2D eigenvalue weighted by atomic mass is 16.6. The lowest BCUT2D eigenvalue weighted by Crippen LogP contribution is -2.07. The minimum Gasteiger partial charge on any atom is -0.392 e. The van der Waals surface area contributed by atoms with E-state index in [2.05, 4.69) is 4.74 Å². The Morgan fingerprint density at radius 1 is 1.00 bits per heavy atom. The molecule has 0 bridgehead atoms. The van der Waals surface area contributed by atoms with Gasteiger partial charge in [-0.05, 0) is 5.56 Å². The number of nitrogens with two attached hydrogens (primary N) is 1. The molecule has 0 amide bonds. The van der Waals surface area contributed by atoms with Crippen molar-refractivity contribution in [3.8, 4) is 0 Å². The zero-order chi connectivity index (χ0) is 10.1. The highest BCUT2D eigenvalue weighted by Crippen LogP contribution is 2.23. The van der Waals surface area contributed by atoms with E-state index in [-0.39, 0.29) is 11.3 Å². The molecule has 1 aromatic rings. The van der Waals surface area contributed by atoms with Crippen LogP contribution in [0.15, 0.2) is 36.0 Å². The van der Waals surface area contributed by atoms with E-state index in [4.69, 9.17) is 5.73 Å². The van der Waals surface area contributed by atoms with Crippen molar-refractivity contribution >= 4 is 17.5 Å². The first kappa shape index (κ1) is 8.50. The summed E-state index contributed by atoms with van der Waals surface area (Å²) in [7, 11) is 0. The van der Waals surface area contributed by atoms with Gasteiger partial charge in [-0.1, -0.05) is 30.3 Å². The molecule has 0 aliphatic carbocycles. The maximum absolute atomic E-state index is 11.2. The van der Waals surface area contributed by atoms with Crippen LogP contribution in [0.5, 0.6) is 0 Å². The van der Waals surface area contributed by atoms with Crippen molar-refractivity contribution < 1.29 is 14.3 Å². The van der Waals surface area contributed by atoms with E-state index in [1.54, 1.807) is 24.3 Å². The van der Waals surface area contributed by atoms with Gasteiger partial charge in [0.05, 0.1) is 5.57 Å². The third-order valence-corrected chi connectivity index (χ3v) is 1.94. The molecule has 0 saturated heterocycles. The van der Waals surface area contributed by atoms with Crippen molar-refractivity contribution in [3.05, 3.63) is 41.6 Å². The lowest BCUT2D eigenvalue weighted by atomic mass is 10.1. The van der Waals surface area contributed by atoms with Crippen LogP contribution in [-0.4, -0.2) is 11.9 Å². The second-order valence-electron chi connectivity index (χ2n) is 2.83. The fourth-order valence-electron chi connectivity index (χ4n) is 1.28. The maximum Gasteiger partial charge on any atom is 0.363 e. The predicted octanol–water partition coefficient (Wildman–Crippen LogP) is 0.440. The van der Waals surface area contributed by atoms with Gasteiger partial charge in [-0.3, -0.25) is 0 Å². The van der Waals surface area contributed by atoms with Crippen LogP contribution >= 0.6 is 0 Å². The quantitative estimate of drug-likeness (QED) is 0.514. The number of rotatable bonds is 1. The number of cyclic esters (lactones) is 2. The van der Waals surface area contributed by atoms with Crippen LogP contribution in [0.1, 0.15) is 5.56 Å². The maximum atomic E-state index is 11.2. The van der Waals surface area contributed by atoms with Gasteiger partial charge in [0, 0.05) is 0 Å². The van der Waals surface area contributed by atoms with Crippen LogP contribution in [0.25, 0.3) is 5.57 Å². The zero-order valence-electron chi connectivity index (χ0n) is 7.19. The zero-order valence-corrected chi connectivity index (χ0v) is 7.19. The summed E-state index contributed by atoms with van der Waals surface area (Å²) in [4.78, 5) is 22.2. The number of carbonyl (C=O) groups excluding carboxylic acids is 2. The van der Waals surface area contributed by atoms with Crippen molar-refractivity contribution in [1.82, 2.24) is 0 Å². The number of ether oxygens (including phenoxy) is 1. The summed E-state index contributed by atoms with van der Waals surface area (Å²) in [5.74, 6) is -1.45. The molecule has 0 aromatic heterocycles. The number of hydrogen-bond acceptors (Lipinski definition) is 4. The average molecular weight is 189 g/mol. The van der Waals surface area contributed by atoms with Gasteiger partial charge in [0.15, 0.2) is 0 Å². The fraction of sp³-hybridized carbons (Fsp3) is 0. The summed E-state index contributed by atoms with van der Waals surface area (Å²) >= 11 is 0. The van der Waals surface area contributed by atoms with E-state index in [1.807, 2.05) is 6.07 Å². The van der Waals surface area contributed by atoms with Crippen molar-refractivity contribution in [2.45, 2.75) is 0 Å². The Labute approximate surface area is 80.0 Å². The summed E-state index contributed by atoms with van der Waals surface area (Å²) in [6, 6.07) is 8.71. The van der Waals surface area contributed by atoms with Gasteiger partial charge < -0.3 is 10.5 Å². The topological polar surface area (TPSA) is 69.4 Å². The molecule has 1 heterocycles. The van der Waals surface area contributed by atoms with Crippen LogP contribution in [0.2, 0.25) is 0 Å². The predicted molar refractivity (Wildman–Crippen MR) is 48.6 cm³/mol. The minimum absolute atomic E-state index is 0.124. The second kappa shape index (κ2) is 2.99. The van der Waals surface area contributed by atoms with E-state index < -0.39 is 11.9 Å². The molecule has 4 heteroatoms. The largest absolute Gasteiger partial charge is 0.392 e. The Hall–Kier alpha value is -2.10. The average Bonchev–Trinajstić information content (AvgIpc) is 2.43. The normalized spacial score (nSPS) is 16.0. The molecular weight excluding hydrogens is 182 g/mol. The summed E-state index contributed by atoms with van der Waals surface area (Å²) in [5, 5.41) is 0. The third kappa shape index (κ3) is 1.17. The molecule has 0 radical (unpaired) electrons. The third-order valence-electron chi connectivity index (χ3n) is 1.94. The van der Waals surface area contributed by atoms with E-state index in [0.717, 1.165) is 0 Å². The van der Waals surface area contributed by atoms with Gasteiger partial charge in [-0.25, -0.2) is 9.59 Å². The molecule has 0 spiro atoms. The monoisotopic (exact) mass is 189 g/mol. The Kier molecular flexibility index (Phi) is 1.81. The van der Waals surface area contributed by atoms with Crippen molar-refractivity contribution in [3.63, 3.8) is 0 Å². The summed E-state index contributed by atoms with van der Waals surface area (Å²) in [6.45, 7) is 0.